The normalized spacial score (nSPS) is 9.92. The number of amides is 1. The molecule has 0 bridgehead atoms. The van der Waals surface area contributed by atoms with E-state index >= 15 is 0 Å². The van der Waals surface area contributed by atoms with Crippen molar-refractivity contribution in [2.24, 2.45) is 0 Å². The van der Waals surface area contributed by atoms with Gasteiger partial charge in [0.2, 0.25) is 0 Å². The topological polar surface area (TPSA) is 88.4 Å². The summed E-state index contributed by atoms with van der Waals surface area (Å²) in [7, 11) is 0. The highest BCUT2D eigenvalue weighted by Crippen LogP contribution is 2.21. The predicted octanol–water partition coefficient (Wildman–Crippen LogP) is 3.04. The summed E-state index contributed by atoms with van der Waals surface area (Å²) in [6.07, 6.45) is 0. The number of nitrogens with zero attached hydrogens (tertiary/aromatic N) is 1. The van der Waals surface area contributed by atoms with E-state index in [1.807, 2.05) is 39.0 Å². The molecule has 0 atom stereocenters. The van der Waals surface area contributed by atoms with Gasteiger partial charge in [-0.2, -0.15) is 5.26 Å². The highest BCUT2D eigenvalue weighted by Gasteiger charge is 2.11. The van der Waals surface area contributed by atoms with Crippen LogP contribution in [0, 0.1) is 32.1 Å². The van der Waals surface area contributed by atoms with E-state index in [9.17, 15) is 9.59 Å². The summed E-state index contributed by atoms with van der Waals surface area (Å²) in [5.41, 5.74) is 4.24. The van der Waals surface area contributed by atoms with Crippen LogP contribution in [0.15, 0.2) is 36.4 Å². The Morgan fingerprint density at radius 3 is 2.23 bits per heavy atom. The number of aryl methyl sites for hydroxylation is 3. The minimum absolute atomic E-state index is 0.318. The van der Waals surface area contributed by atoms with Gasteiger partial charge in [-0.3, -0.25) is 4.79 Å². The first-order chi connectivity index (χ1) is 12.4. The number of ether oxygens (including phenoxy) is 2. The lowest BCUT2D eigenvalue weighted by Gasteiger charge is -2.13. The summed E-state index contributed by atoms with van der Waals surface area (Å²) in [5.74, 6) is -0.620. The van der Waals surface area contributed by atoms with Gasteiger partial charge in [0.15, 0.2) is 13.2 Å². The van der Waals surface area contributed by atoms with Crippen LogP contribution in [0.1, 0.15) is 22.3 Å². The summed E-state index contributed by atoms with van der Waals surface area (Å²) in [6.45, 7) is 5.10. The molecule has 134 valence electrons. The number of carbonyl (C=O) groups is 2. The van der Waals surface area contributed by atoms with E-state index in [-0.39, 0.29) is 13.2 Å². The van der Waals surface area contributed by atoms with Gasteiger partial charge in [-0.25, -0.2) is 4.79 Å². The number of nitrogens with one attached hydrogen (secondary N) is 1. The molecule has 0 fully saturated rings. The lowest BCUT2D eigenvalue weighted by molar-refractivity contribution is -0.149. The van der Waals surface area contributed by atoms with Crippen molar-refractivity contribution in [1.29, 1.82) is 5.26 Å². The molecule has 0 aromatic heterocycles. The average molecular weight is 352 g/mol. The quantitative estimate of drug-likeness (QED) is 0.807. The van der Waals surface area contributed by atoms with E-state index in [4.69, 9.17) is 14.7 Å². The average Bonchev–Trinajstić information content (AvgIpc) is 2.61. The van der Waals surface area contributed by atoms with Crippen molar-refractivity contribution in [3.8, 4) is 11.8 Å². The third-order valence-electron chi connectivity index (χ3n) is 3.65. The van der Waals surface area contributed by atoms with Crippen LogP contribution in [-0.2, 0) is 14.3 Å². The van der Waals surface area contributed by atoms with Crippen LogP contribution in [0.25, 0.3) is 0 Å². The molecular formula is C20H20N2O4. The van der Waals surface area contributed by atoms with Gasteiger partial charge in [0.1, 0.15) is 5.75 Å². The molecule has 6 nitrogen and oxygen atoms in total. The Balaban J connectivity index is 1.80. The van der Waals surface area contributed by atoms with E-state index in [0.29, 0.717) is 11.3 Å². The minimum Gasteiger partial charge on any atom is -0.482 e. The SMILES string of the molecule is Cc1cc(C)c(NC(=O)COC(=O)COc2ccc(C#N)cc2)c(C)c1. The number of hydrogen-bond donors (Lipinski definition) is 1. The van der Waals surface area contributed by atoms with Crippen LogP contribution in [-0.4, -0.2) is 25.1 Å². The van der Waals surface area contributed by atoms with Crippen molar-refractivity contribution in [1.82, 2.24) is 0 Å². The Hall–Kier alpha value is -3.33. The van der Waals surface area contributed by atoms with Crippen molar-refractivity contribution >= 4 is 17.6 Å². The molecule has 0 aliphatic heterocycles. The highest BCUT2D eigenvalue weighted by atomic mass is 16.6. The summed E-state index contributed by atoms with van der Waals surface area (Å²) in [6, 6.07) is 12.3. The van der Waals surface area contributed by atoms with Gasteiger partial charge in [-0.15, -0.1) is 0 Å². The van der Waals surface area contributed by atoms with Gasteiger partial charge in [-0.05, 0) is 56.2 Å². The zero-order valence-electron chi connectivity index (χ0n) is 15.0. The fraction of sp³-hybridized carbons (Fsp3) is 0.250. The van der Waals surface area contributed by atoms with Gasteiger partial charge in [0.25, 0.3) is 5.91 Å². The fourth-order valence-electron chi connectivity index (χ4n) is 2.51. The van der Waals surface area contributed by atoms with Gasteiger partial charge < -0.3 is 14.8 Å². The van der Waals surface area contributed by atoms with Crippen LogP contribution in [0.5, 0.6) is 5.75 Å². The van der Waals surface area contributed by atoms with Crippen molar-refractivity contribution in [2.75, 3.05) is 18.5 Å². The number of nitriles is 1. The minimum atomic E-state index is -0.651. The first kappa shape index (κ1) is 19.0. The first-order valence-corrected chi connectivity index (χ1v) is 8.05. The Morgan fingerprint density at radius 2 is 1.65 bits per heavy atom. The van der Waals surface area contributed by atoms with Gasteiger partial charge in [-0.1, -0.05) is 17.7 Å². The second-order valence-corrected chi connectivity index (χ2v) is 5.91. The third-order valence-corrected chi connectivity index (χ3v) is 3.65. The molecule has 2 rings (SSSR count). The molecule has 1 amide bonds. The predicted molar refractivity (Wildman–Crippen MR) is 96.9 cm³/mol. The molecular weight excluding hydrogens is 332 g/mol. The second-order valence-electron chi connectivity index (χ2n) is 5.91. The zero-order chi connectivity index (χ0) is 19.1. The van der Waals surface area contributed by atoms with Crippen LogP contribution in [0.4, 0.5) is 5.69 Å². The number of rotatable bonds is 6. The molecule has 2 aromatic rings. The second kappa shape index (κ2) is 8.67. The van der Waals surface area contributed by atoms with Gasteiger partial charge >= 0.3 is 5.97 Å². The number of hydrogen-bond acceptors (Lipinski definition) is 5. The van der Waals surface area contributed by atoms with Crippen molar-refractivity contribution < 1.29 is 19.1 Å². The Morgan fingerprint density at radius 1 is 1.04 bits per heavy atom. The fourth-order valence-corrected chi connectivity index (χ4v) is 2.51. The molecule has 0 aliphatic rings. The lowest BCUT2D eigenvalue weighted by Crippen LogP contribution is -2.24. The van der Waals surface area contributed by atoms with E-state index in [1.54, 1.807) is 24.3 Å². The monoisotopic (exact) mass is 352 g/mol. The van der Waals surface area contributed by atoms with Gasteiger partial charge in [0.05, 0.1) is 11.6 Å². The van der Waals surface area contributed by atoms with Crippen LogP contribution >= 0.6 is 0 Å². The zero-order valence-corrected chi connectivity index (χ0v) is 15.0. The standard InChI is InChI=1S/C20H20N2O4/c1-13-8-14(2)20(15(3)9-13)22-18(23)11-26-19(24)12-25-17-6-4-16(10-21)5-7-17/h4-9H,11-12H2,1-3H3,(H,22,23). The molecule has 2 aromatic carbocycles. The first-order valence-electron chi connectivity index (χ1n) is 8.05. The number of benzene rings is 2. The van der Waals surface area contributed by atoms with Crippen molar-refractivity contribution in [2.45, 2.75) is 20.8 Å². The van der Waals surface area contributed by atoms with Crippen molar-refractivity contribution in [3.63, 3.8) is 0 Å². The van der Waals surface area contributed by atoms with Crippen LogP contribution < -0.4 is 10.1 Å². The van der Waals surface area contributed by atoms with Gasteiger partial charge in [0, 0.05) is 5.69 Å². The highest BCUT2D eigenvalue weighted by molar-refractivity contribution is 5.94. The largest absolute Gasteiger partial charge is 0.482 e. The van der Waals surface area contributed by atoms with Crippen LogP contribution in [0.3, 0.4) is 0 Å². The Labute approximate surface area is 152 Å². The molecule has 0 saturated carbocycles. The third kappa shape index (κ3) is 5.35. The molecule has 0 unspecified atom stereocenters. The molecule has 0 aliphatic carbocycles. The van der Waals surface area contributed by atoms with E-state index in [2.05, 4.69) is 5.32 Å². The maximum absolute atomic E-state index is 12.0. The molecule has 0 spiro atoms. The molecule has 0 radical (unpaired) electrons. The smallest absolute Gasteiger partial charge is 0.344 e. The number of anilines is 1. The van der Waals surface area contributed by atoms with Crippen molar-refractivity contribution in [3.05, 3.63) is 58.7 Å². The number of esters is 1. The molecule has 0 saturated heterocycles. The summed E-state index contributed by atoms with van der Waals surface area (Å²) >= 11 is 0. The molecule has 6 heteroatoms. The summed E-state index contributed by atoms with van der Waals surface area (Å²) < 4.78 is 10.2. The van der Waals surface area contributed by atoms with E-state index in [1.165, 1.54) is 0 Å². The summed E-state index contributed by atoms with van der Waals surface area (Å²) in [5, 5.41) is 11.5. The molecule has 1 N–H and O–H groups in total. The molecule has 0 heterocycles. The Kier molecular flexibility index (Phi) is 6.34. The number of carbonyl (C=O) groups excluding carboxylic acids is 2. The van der Waals surface area contributed by atoms with E-state index < -0.39 is 11.9 Å². The van der Waals surface area contributed by atoms with E-state index in [0.717, 1.165) is 22.4 Å². The maximum Gasteiger partial charge on any atom is 0.344 e. The lowest BCUT2D eigenvalue weighted by atomic mass is 10.1. The summed E-state index contributed by atoms with van der Waals surface area (Å²) in [4.78, 5) is 23.7. The maximum atomic E-state index is 12.0. The molecule has 26 heavy (non-hydrogen) atoms. The van der Waals surface area contributed by atoms with Crippen LogP contribution in [0.2, 0.25) is 0 Å². The Bertz CT molecular complexity index is 828.